The van der Waals surface area contributed by atoms with E-state index in [4.69, 9.17) is 4.74 Å². The second-order valence-corrected chi connectivity index (χ2v) is 5.17. The smallest absolute Gasteiger partial charge is 0.441 e. The first-order valence-corrected chi connectivity index (χ1v) is 6.69. The summed E-state index contributed by atoms with van der Waals surface area (Å²) in [4.78, 5) is 11.2. The zero-order chi connectivity index (χ0) is 13.9. The molecule has 2 rings (SSSR count). The van der Waals surface area contributed by atoms with Crippen LogP contribution in [-0.4, -0.2) is 23.8 Å². The number of hydrogen-bond donors (Lipinski definition) is 1. The molecule has 1 N–H and O–H groups in total. The third-order valence-electron chi connectivity index (χ3n) is 2.59. The van der Waals surface area contributed by atoms with Crippen LogP contribution in [0.4, 0.5) is 18.9 Å². The van der Waals surface area contributed by atoms with Gasteiger partial charge in [-0.15, -0.1) is 0 Å². The van der Waals surface area contributed by atoms with Gasteiger partial charge in [-0.25, -0.2) is 0 Å². The van der Waals surface area contributed by atoms with Gasteiger partial charge in [-0.1, -0.05) is 6.07 Å². The van der Waals surface area contributed by atoms with Gasteiger partial charge in [0.1, 0.15) is 5.75 Å². The average Bonchev–Trinajstić information content (AvgIpc) is 2.33. The molecule has 0 unspecified atom stereocenters. The molecule has 0 atom stereocenters. The highest BCUT2D eigenvalue weighted by Gasteiger charge is 2.27. The molecule has 0 saturated heterocycles. The Hall–Kier alpha value is -1.37. The topological polar surface area (TPSA) is 38.3 Å². The van der Waals surface area contributed by atoms with Gasteiger partial charge in [0, 0.05) is 23.9 Å². The number of thioether (sulfide) groups is 1. The number of amides is 1. The standard InChI is InChI=1S/C12H12F3NO2S/c13-12(14,15)19-6-5-18-9-3-1-8-2-4-11(17)16-10(8)7-9/h1,3,7H,2,4-6H2,(H,16,17). The first kappa shape index (κ1) is 14.0. The van der Waals surface area contributed by atoms with E-state index in [2.05, 4.69) is 5.32 Å². The number of rotatable bonds is 4. The number of ether oxygens (including phenoxy) is 1. The second kappa shape index (κ2) is 5.73. The molecule has 0 radical (unpaired) electrons. The molecule has 19 heavy (non-hydrogen) atoms. The van der Waals surface area contributed by atoms with Gasteiger partial charge in [0.15, 0.2) is 0 Å². The summed E-state index contributed by atoms with van der Waals surface area (Å²) in [6, 6.07) is 5.17. The molecule has 1 aliphatic heterocycles. The highest BCUT2D eigenvalue weighted by molar-refractivity contribution is 8.00. The number of anilines is 1. The number of hydrogen-bond acceptors (Lipinski definition) is 3. The summed E-state index contributed by atoms with van der Waals surface area (Å²) in [6.45, 7) is -0.0308. The first-order chi connectivity index (χ1) is 8.94. The Morgan fingerprint density at radius 2 is 2.11 bits per heavy atom. The third-order valence-corrected chi connectivity index (χ3v) is 3.29. The zero-order valence-corrected chi connectivity index (χ0v) is 10.7. The van der Waals surface area contributed by atoms with Gasteiger partial charge in [0.05, 0.1) is 6.61 Å². The van der Waals surface area contributed by atoms with Crippen LogP contribution in [0.2, 0.25) is 0 Å². The SMILES string of the molecule is O=C1CCc2ccc(OCCSC(F)(F)F)cc2N1. The Morgan fingerprint density at radius 1 is 1.32 bits per heavy atom. The van der Waals surface area contributed by atoms with Crippen molar-refractivity contribution in [2.75, 3.05) is 17.7 Å². The number of benzene rings is 1. The summed E-state index contributed by atoms with van der Waals surface area (Å²) >= 11 is -0.113. The van der Waals surface area contributed by atoms with Crippen molar-refractivity contribution in [1.82, 2.24) is 0 Å². The fraction of sp³-hybridized carbons (Fsp3) is 0.417. The number of alkyl halides is 3. The molecule has 7 heteroatoms. The minimum absolute atomic E-state index is 0.0308. The molecule has 0 aromatic heterocycles. The van der Waals surface area contributed by atoms with Crippen LogP contribution in [0.1, 0.15) is 12.0 Å². The van der Waals surface area contributed by atoms with Crippen molar-refractivity contribution < 1.29 is 22.7 Å². The third kappa shape index (κ3) is 4.34. The van der Waals surface area contributed by atoms with Crippen molar-refractivity contribution in [3.63, 3.8) is 0 Å². The normalized spacial score (nSPS) is 14.8. The number of fused-ring (bicyclic) bond motifs is 1. The van der Waals surface area contributed by atoms with E-state index in [-0.39, 0.29) is 30.0 Å². The van der Waals surface area contributed by atoms with Gasteiger partial charge in [-0.3, -0.25) is 4.79 Å². The van der Waals surface area contributed by atoms with Gasteiger partial charge in [-0.05, 0) is 29.8 Å². The average molecular weight is 291 g/mol. The summed E-state index contributed by atoms with van der Waals surface area (Å²) in [5.74, 6) is 0.244. The van der Waals surface area contributed by atoms with Crippen LogP contribution in [0.3, 0.4) is 0 Å². The summed E-state index contributed by atoms with van der Waals surface area (Å²) in [6.07, 6.45) is 1.13. The maximum absolute atomic E-state index is 11.9. The van der Waals surface area contributed by atoms with Crippen LogP contribution in [-0.2, 0) is 11.2 Å². The quantitative estimate of drug-likeness (QED) is 0.866. The number of halogens is 3. The van der Waals surface area contributed by atoms with Gasteiger partial charge in [-0.2, -0.15) is 13.2 Å². The Morgan fingerprint density at radius 3 is 2.84 bits per heavy atom. The number of aryl methyl sites for hydroxylation is 1. The molecule has 0 spiro atoms. The van der Waals surface area contributed by atoms with Crippen molar-refractivity contribution in [1.29, 1.82) is 0 Å². The Labute approximate surface area is 112 Å². The minimum atomic E-state index is -4.23. The number of carbonyl (C=O) groups is 1. The molecule has 0 aliphatic carbocycles. The lowest BCUT2D eigenvalue weighted by atomic mass is 10.0. The van der Waals surface area contributed by atoms with E-state index in [1.54, 1.807) is 12.1 Å². The fourth-order valence-electron chi connectivity index (χ4n) is 1.76. The molecule has 0 fully saturated rings. The van der Waals surface area contributed by atoms with E-state index in [0.29, 0.717) is 24.3 Å². The van der Waals surface area contributed by atoms with Crippen LogP contribution >= 0.6 is 11.8 Å². The lowest BCUT2D eigenvalue weighted by molar-refractivity contribution is -0.116. The maximum atomic E-state index is 11.9. The van der Waals surface area contributed by atoms with Crippen LogP contribution in [0.5, 0.6) is 5.75 Å². The zero-order valence-electron chi connectivity index (χ0n) is 9.92. The monoisotopic (exact) mass is 291 g/mol. The molecular formula is C12H12F3NO2S. The summed E-state index contributed by atoms with van der Waals surface area (Å²) in [7, 11) is 0. The Balaban J connectivity index is 1.88. The van der Waals surface area contributed by atoms with E-state index < -0.39 is 5.51 Å². The van der Waals surface area contributed by atoms with Gasteiger partial charge in [0.25, 0.3) is 0 Å². The predicted molar refractivity (Wildman–Crippen MR) is 67.4 cm³/mol. The van der Waals surface area contributed by atoms with Crippen LogP contribution in [0.15, 0.2) is 18.2 Å². The van der Waals surface area contributed by atoms with Crippen molar-refractivity contribution in [2.24, 2.45) is 0 Å². The fourth-order valence-corrected chi connectivity index (χ4v) is 2.16. The highest BCUT2D eigenvalue weighted by Crippen LogP contribution is 2.30. The van der Waals surface area contributed by atoms with Crippen LogP contribution < -0.4 is 10.1 Å². The lowest BCUT2D eigenvalue weighted by Crippen LogP contribution is -2.18. The lowest BCUT2D eigenvalue weighted by Gasteiger charge is -2.17. The van der Waals surface area contributed by atoms with Crippen molar-refractivity contribution in [3.8, 4) is 5.75 Å². The van der Waals surface area contributed by atoms with Crippen molar-refractivity contribution >= 4 is 23.4 Å². The van der Waals surface area contributed by atoms with Gasteiger partial charge < -0.3 is 10.1 Å². The van der Waals surface area contributed by atoms with E-state index in [9.17, 15) is 18.0 Å². The molecule has 3 nitrogen and oxygen atoms in total. The molecule has 1 heterocycles. The molecule has 1 amide bonds. The first-order valence-electron chi connectivity index (χ1n) is 5.70. The molecular weight excluding hydrogens is 279 g/mol. The molecule has 1 aromatic carbocycles. The highest BCUT2D eigenvalue weighted by atomic mass is 32.2. The Bertz CT molecular complexity index is 477. The molecule has 1 aliphatic rings. The van der Waals surface area contributed by atoms with Gasteiger partial charge >= 0.3 is 5.51 Å². The van der Waals surface area contributed by atoms with Crippen molar-refractivity contribution in [3.05, 3.63) is 23.8 Å². The molecule has 0 bridgehead atoms. The van der Waals surface area contributed by atoms with E-state index >= 15 is 0 Å². The second-order valence-electron chi connectivity index (χ2n) is 4.01. The number of nitrogens with one attached hydrogen (secondary N) is 1. The van der Waals surface area contributed by atoms with E-state index in [1.165, 1.54) is 0 Å². The number of carbonyl (C=O) groups excluding carboxylic acids is 1. The van der Waals surface area contributed by atoms with E-state index in [1.807, 2.05) is 6.07 Å². The molecule has 104 valence electrons. The Kier molecular flexibility index (Phi) is 4.24. The van der Waals surface area contributed by atoms with Crippen molar-refractivity contribution in [2.45, 2.75) is 18.3 Å². The van der Waals surface area contributed by atoms with Gasteiger partial charge in [0.2, 0.25) is 5.91 Å². The van der Waals surface area contributed by atoms with Crippen LogP contribution in [0, 0.1) is 0 Å². The predicted octanol–water partition coefficient (Wildman–Crippen LogP) is 3.20. The van der Waals surface area contributed by atoms with E-state index in [0.717, 1.165) is 5.56 Å². The summed E-state index contributed by atoms with van der Waals surface area (Å²) in [5, 5.41) is 2.71. The molecule has 0 saturated carbocycles. The summed E-state index contributed by atoms with van der Waals surface area (Å²) in [5.41, 5.74) is -2.54. The minimum Gasteiger partial charge on any atom is -0.493 e. The maximum Gasteiger partial charge on any atom is 0.441 e. The van der Waals surface area contributed by atoms with Crippen LogP contribution in [0.25, 0.3) is 0 Å². The molecule has 1 aromatic rings. The summed E-state index contributed by atoms with van der Waals surface area (Å²) < 4.78 is 41.0. The largest absolute Gasteiger partial charge is 0.493 e.